The third kappa shape index (κ3) is 5.42. The van der Waals surface area contributed by atoms with Crippen molar-refractivity contribution in [2.24, 2.45) is 5.92 Å². The Hall–Kier alpha value is -2.14. The Bertz CT molecular complexity index is 907. The minimum Gasteiger partial charge on any atom is -0.345 e. The van der Waals surface area contributed by atoms with Crippen molar-refractivity contribution in [2.75, 3.05) is 6.26 Å². The number of rotatable bonds is 5. The van der Waals surface area contributed by atoms with Gasteiger partial charge < -0.3 is 5.32 Å². The van der Waals surface area contributed by atoms with E-state index in [0.717, 1.165) is 11.8 Å². The molecule has 0 heterocycles. The molecule has 2 aromatic carbocycles. The maximum absolute atomic E-state index is 12.7. The summed E-state index contributed by atoms with van der Waals surface area (Å²) in [5.41, 5.74) is 2.68. The fraction of sp³-hybridized carbons (Fsp3) is 0.409. The van der Waals surface area contributed by atoms with Crippen LogP contribution >= 0.6 is 0 Å². The van der Waals surface area contributed by atoms with Gasteiger partial charge in [-0.15, -0.1) is 0 Å². The predicted octanol–water partition coefficient (Wildman–Crippen LogP) is 4.51. The quantitative estimate of drug-likeness (QED) is 0.821. The molecule has 4 nitrogen and oxygen atoms in total. The number of benzene rings is 2. The van der Waals surface area contributed by atoms with Crippen molar-refractivity contribution in [1.29, 1.82) is 0 Å². The summed E-state index contributed by atoms with van der Waals surface area (Å²) in [4.78, 5) is 12.9. The molecule has 1 atom stereocenters. The van der Waals surface area contributed by atoms with E-state index < -0.39 is 9.84 Å². The van der Waals surface area contributed by atoms with Crippen LogP contribution in [0.2, 0.25) is 0 Å². The molecule has 27 heavy (non-hydrogen) atoms. The molecule has 0 aromatic heterocycles. The fourth-order valence-corrected chi connectivity index (χ4v) is 3.58. The van der Waals surface area contributed by atoms with E-state index in [1.165, 1.54) is 17.7 Å². The highest BCUT2D eigenvalue weighted by molar-refractivity contribution is 7.90. The van der Waals surface area contributed by atoms with Gasteiger partial charge in [0.2, 0.25) is 0 Å². The molecule has 0 saturated carbocycles. The number of hydrogen-bond donors (Lipinski definition) is 1. The normalized spacial score (nSPS) is 13.4. The van der Waals surface area contributed by atoms with Gasteiger partial charge in [-0.1, -0.05) is 65.0 Å². The first-order chi connectivity index (χ1) is 12.4. The zero-order chi connectivity index (χ0) is 20.4. The monoisotopic (exact) mass is 387 g/mol. The Morgan fingerprint density at radius 3 is 2.07 bits per heavy atom. The standard InChI is InChI=1S/C22H29NO3S/c1-15(2)20(16-10-12-18(13-11-16)22(3,4)5)23-21(24)17-8-7-9-19(14-17)27(6,25)26/h7-15,20H,1-6H3,(H,23,24). The first-order valence-corrected chi connectivity index (χ1v) is 11.0. The van der Waals surface area contributed by atoms with Gasteiger partial charge in [-0.05, 0) is 40.7 Å². The van der Waals surface area contributed by atoms with Gasteiger partial charge in [0.25, 0.3) is 5.91 Å². The molecule has 0 aliphatic rings. The largest absolute Gasteiger partial charge is 0.345 e. The van der Waals surface area contributed by atoms with E-state index in [1.54, 1.807) is 12.1 Å². The van der Waals surface area contributed by atoms with Crippen LogP contribution in [0.4, 0.5) is 0 Å². The molecule has 1 N–H and O–H groups in total. The molecule has 0 aliphatic carbocycles. The minimum atomic E-state index is -3.35. The van der Waals surface area contributed by atoms with Gasteiger partial charge >= 0.3 is 0 Å². The summed E-state index contributed by atoms with van der Waals surface area (Å²) in [6.45, 7) is 10.6. The molecule has 146 valence electrons. The lowest BCUT2D eigenvalue weighted by atomic mass is 9.85. The molecule has 0 fully saturated rings. The lowest BCUT2D eigenvalue weighted by molar-refractivity contribution is 0.0925. The lowest BCUT2D eigenvalue weighted by Crippen LogP contribution is -2.32. The van der Waals surface area contributed by atoms with Crippen molar-refractivity contribution in [3.8, 4) is 0 Å². The molecule has 0 saturated heterocycles. The van der Waals surface area contributed by atoms with Gasteiger partial charge in [0.1, 0.15) is 0 Å². The number of amides is 1. The zero-order valence-corrected chi connectivity index (χ0v) is 17.7. The molecule has 0 radical (unpaired) electrons. The van der Waals surface area contributed by atoms with E-state index >= 15 is 0 Å². The summed E-state index contributed by atoms with van der Waals surface area (Å²) in [6.07, 6.45) is 1.14. The third-order valence-electron chi connectivity index (χ3n) is 4.61. The first kappa shape index (κ1) is 21.2. The number of hydrogen-bond acceptors (Lipinski definition) is 3. The average molecular weight is 388 g/mol. The van der Waals surface area contributed by atoms with Crippen molar-refractivity contribution >= 4 is 15.7 Å². The van der Waals surface area contributed by atoms with Gasteiger partial charge in [-0.25, -0.2) is 8.42 Å². The number of carbonyl (C=O) groups is 1. The van der Waals surface area contributed by atoms with Gasteiger partial charge in [-0.2, -0.15) is 0 Å². The molecule has 0 spiro atoms. The van der Waals surface area contributed by atoms with E-state index in [9.17, 15) is 13.2 Å². The minimum absolute atomic E-state index is 0.0706. The maximum Gasteiger partial charge on any atom is 0.251 e. The van der Waals surface area contributed by atoms with E-state index in [-0.39, 0.29) is 28.2 Å². The molecule has 0 aliphatic heterocycles. The summed E-state index contributed by atoms with van der Waals surface area (Å²) in [5.74, 6) is -0.0911. The highest BCUT2D eigenvalue weighted by Gasteiger charge is 2.21. The number of carbonyl (C=O) groups excluding carboxylic acids is 1. The molecule has 2 rings (SSSR count). The van der Waals surface area contributed by atoms with Crippen LogP contribution in [0.15, 0.2) is 53.4 Å². The van der Waals surface area contributed by atoms with Gasteiger partial charge in [-0.3, -0.25) is 4.79 Å². The van der Waals surface area contributed by atoms with Crippen LogP contribution < -0.4 is 5.32 Å². The van der Waals surface area contributed by atoms with Crippen LogP contribution in [0.3, 0.4) is 0 Å². The second-order valence-electron chi connectivity index (χ2n) is 8.37. The van der Waals surface area contributed by atoms with Crippen molar-refractivity contribution in [3.63, 3.8) is 0 Å². The Morgan fingerprint density at radius 2 is 1.59 bits per heavy atom. The van der Waals surface area contributed by atoms with Gasteiger partial charge in [0.15, 0.2) is 9.84 Å². The Kier molecular flexibility index (Phi) is 6.15. The van der Waals surface area contributed by atoms with Crippen LogP contribution in [0.1, 0.15) is 62.1 Å². The van der Waals surface area contributed by atoms with Crippen molar-refractivity contribution < 1.29 is 13.2 Å². The van der Waals surface area contributed by atoms with Crippen LogP contribution in [-0.4, -0.2) is 20.6 Å². The second kappa shape index (κ2) is 7.85. The van der Waals surface area contributed by atoms with E-state index in [4.69, 9.17) is 0 Å². The number of nitrogens with one attached hydrogen (secondary N) is 1. The summed E-state index contributed by atoms with van der Waals surface area (Å²) in [6, 6.07) is 14.3. The SMILES string of the molecule is CC(C)C(NC(=O)c1cccc(S(C)(=O)=O)c1)c1ccc(C(C)(C)C)cc1. The molecular weight excluding hydrogens is 358 g/mol. The second-order valence-corrected chi connectivity index (χ2v) is 10.4. The summed E-state index contributed by atoms with van der Waals surface area (Å²) >= 11 is 0. The molecule has 2 aromatic rings. The maximum atomic E-state index is 12.7. The van der Waals surface area contributed by atoms with Crippen LogP contribution in [0.25, 0.3) is 0 Å². The Morgan fingerprint density at radius 1 is 1.00 bits per heavy atom. The van der Waals surface area contributed by atoms with Crippen molar-refractivity contribution in [1.82, 2.24) is 5.32 Å². The average Bonchev–Trinajstić information content (AvgIpc) is 2.58. The van der Waals surface area contributed by atoms with E-state index in [2.05, 4.69) is 64.2 Å². The topological polar surface area (TPSA) is 63.2 Å². The van der Waals surface area contributed by atoms with E-state index in [1.807, 2.05) is 0 Å². The fourth-order valence-electron chi connectivity index (χ4n) is 2.92. The van der Waals surface area contributed by atoms with Crippen molar-refractivity contribution in [2.45, 2.75) is 51.0 Å². The lowest BCUT2D eigenvalue weighted by Gasteiger charge is -2.25. The summed E-state index contributed by atoms with van der Waals surface area (Å²) in [7, 11) is -3.35. The molecule has 1 unspecified atom stereocenters. The Balaban J connectivity index is 2.27. The number of sulfone groups is 1. The summed E-state index contributed by atoms with van der Waals surface area (Å²) in [5, 5.41) is 3.05. The molecular formula is C22H29NO3S. The molecule has 5 heteroatoms. The Labute approximate surface area is 162 Å². The molecule has 0 bridgehead atoms. The zero-order valence-electron chi connectivity index (χ0n) is 16.9. The smallest absolute Gasteiger partial charge is 0.251 e. The molecule has 1 amide bonds. The van der Waals surface area contributed by atoms with Crippen LogP contribution in [0.5, 0.6) is 0 Å². The summed E-state index contributed by atoms with van der Waals surface area (Å²) < 4.78 is 23.5. The highest BCUT2D eigenvalue weighted by Crippen LogP contribution is 2.27. The van der Waals surface area contributed by atoms with E-state index in [0.29, 0.717) is 5.56 Å². The highest BCUT2D eigenvalue weighted by atomic mass is 32.2. The van der Waals surface area contributed by atoms with Crippen LogP contribution in [0, 0.1) is 5.92 Å². The first-order valence-electron chi connectivity index (χ1n) is 9.11. The van der Waals surface area contributed by atoms with Crippen molar-refractivity contribution in [3.05, 3.63) is 65.2 Å². The predicted molar refractivity (Wildman–Crippen MR) is 110 cm³/mol. The van der Waals surface area contributed by atoms with Gasteiger partial charge in [0.05, 0.1) is 10.9 Å². The third-order valence-corrected chi connectivity index (χ3v) is 5.72. The van der Waals surface area contributed by atoms with Gasteiger partial charge in [0, 0.05) is 11.8 Å². The van der Waals surface area contributed by atoms with Crippen LogP contribution in [-0.2, 0) is 15.3 Å².